The maximum atomic E-state index is 13.5. The summed E-state index contributed by atoms with van der Waals surface area (Å²) in [7, 11) is -3.60. The second kappa shape index (κ2) is 11.9. The van der Waals surface area contributed by atoms with Gasteiger partial charge in [0.05, 0.1) is 10.5 Å². The topological polar surface area (TPSA) is 90.0 Å². The minimum absolute atomic E-state index is 0.0635. The van der Waals surface area contributed by atoms with Crippen LogP contribution < -0.4 is 5.32 Å². The lowest BCUT2D eigenvalue weighted by Gasteiger charge is -2.30. The largest absolute Gasteiger partial charge is 0.339 e. The number of hydrogen-bond donors (Lipinski definition) is 1. The zero-order valence-corrected chi connectivity index (χ0v) is 23.8. The van der Waals surface area contributed by atoms with Crippen molar-refractivity contribution < 1.29 is 18.0 Å². The van der Waals surface area contributed by atoms with Gasteiger partial charge in [-0.05, 0) is 63.9 Å². The van der Waals surface area contributed by atoms with E-state index >= 15 is 0 Å². The average molecular weight is 535 g/mol. The third kappa shape index (κ3) is 5.66. The predicted octanol–water partition coefficient (Wildman–Crippen LogP) is 4.28. The number of hydrogen-bond acceptors (Lipinski definition) is 6. The van der Waals surface area contributed by atoms with Gasteiger partial charge in [0.25, 0.3) is 11.8 Å². The fourth-order valence-corrected chi connectivity index (χ4v) is 7.23. The summed E-state index contributed by atoms with van der Waals surface area (Å²) in [5.74, 6) is -0.429. The molecule has 1 N–H and O–H groups in total. The van der Waals surface area contributed by atoms with Crippen molar-refractivity contribution in [3.05, 3.63) is 45.8 Å². The molecule has 1 aliphatic rings. The van der Waals surface area contributed by atoms with Gasteiger partial charge >= 0.3 is 0 Å². The number of carbonyl (C=O) groups excluding carboxylic acids is 2. The van der Waals surface area contributed by atoms with Crippen molar-refractivity contribution in [2.24, 2.45) is 0 Å². The smallest absolute Gasteiger partial charge is 0.257 e. The molecule has 2 aromatic rings. The van der Waals surface area contributed by atoms with Crippen LogP contribution in [0.5, 0.6) is 0 Å². The summed E-state index contributed by atoms with van der Waals surface area (Å²) >= 11 is 1.47. The van der Waals surface area contributed by atoms with E-state index in [1.165, 1.54) is 39.9 Å². The number of carbonyl (C=O) groups is 2. The van der Waals surface area contributed by atoms with Gasteiger partial charge in [0.2, 0.25) is 10.0 Å². The highest BCUT2D eigenvalue weighted by molar-refractivity contribution is 7.89. The van der Waals surface area contributed by atoms with Crippen LogP contribution in [0.4, 0.5) is 5.00 Å². The fraction of sp³-hybridized carbons (Fsp3) is 0.538. The molecule has 0 bridgehead atoms. The van der Waals surface area contributed by atoms with E-state index in [0.717, 1.165) is 30.0 Å². The quantitative estimate of drug-likeness (QED) is 0.491. The first-order chi connectivity index (χ1) is 17.1. The molecule has 1 aromatic carbocycles. The van der Waals surface area contributed by atoms with Gasteiger partial charge in [-0.15, -0.1) is 11.3 Å². The Labute approximate surface area is 219 Å². The van der Waals surface area contributed by atoms with Crippen LogP contribution >= 0.6 is 11.3 Å². The Kier molecular flexibility index (Phi) is 9.32. The average Bonchev–Trinajstić information content (AvgIpc) is 3.22. The second-order valence-electron chi connectivity index (χ2n) is 9.07. The summed E-state index contributed by atoms with van der Waals surface area (Å²) in [5, 5.41) is 3.53. The lowest BCUT2D eigenvalue weighted by molar-refractivity contribution is 0.0772. The summed E-state index contributed by atoms with van der Waals surface area (Å²) < 4.78 is 26.9. The second-order valence-corrected chi connectivity index (χ2v) is 12.1. The zero-order chi connectivity index (χ0) is 26.6. The normalized spacial score (nSPS) is 14.2. The minimum Gasteiger partial charge on any atom is -0.339 e. The van der Waals surface area contributed by atoms with Crippen LogP contribution in [0.1, 0.15) is 72.7 Å². The molecule has 0 fully saturated rings. The first-order valence-corrected chi connectivity index (χ1v) is 14.9. The standard InChI is InChI=1S/C26H38N4O4S2/c1-7-28(8-2)26(32)23-21-15-16-29(18(5)6)17-22(21)35-25(23)27-24(31)19-11-13-20(14-12-19)36(33,34)30(9-3)10-4/h11-14,18H,7-10,15-17H2,1-6H3,(H,27,31). The number of nitrogens with zero attached hydrogens (tertiary/aromatic N) is 3. The third-order valence-electron chi connectivity index (χ3n) is 6.77. The monoisotopic (exact) mass is 534 g/mol. The Bertz CT molecular complexity index is 1180. The van der Waals surface area contributed by atoms with E-state index in [1.807, 2.05) is 13.8 Å². The van der Waals surface area contributed by atoms with Gasteiger partial charge in [-0.25, -0.2) is 8.42 Å². The van der Waals surface area contributed by atoms with Crippen molar-refractivity contribution in [3.63, 3.8) is 0 Å². The number of amides is 2. The highest BCUT2D eigenvalue weighted by Crippen LogP contribution is 2.38. The van der Waals surface area contributed by atoms with Crippen molar-refractivity contribution >= 4 is 38.2 Å². The van der Waals surface area contributed by atoms with Gasteiger partial charge in [-0.3, -0.25) is 14.5 Å². The number of sulfonamides is 1. The number of anilines is 1. The fourth-order valence-electron chi connectivity index (χ4n) is 4.51. The molecule has 1 aromatic heterocycles. The molecule has 0 radical (unpaired) electrons. The Morgan fingerprint density at radius 2 is 1.64 bits per heavy atom. The first kappa shape index (κ1) is 28.3. The van der Waals surface area contributed by atoms with Crippen LogP contribution in [-0.2, 0) is 23.0 Å². The number of rotatable bonds is 10. The van der Waals surface area contributed by atoms with E-state index in [1.54, 1.807) is 18.7 Å². The van der Waals surface area contributed by atoms with Gasteiger partial charge in [0, 0.05) is 55.8 Å². The summed E-state index contributed by atoms with van der Waals surface area (Å²) in [4.78, 5) is 32.1. The number of thiophene rings is 1. The van der Waals surface area contributed by atoms with Gasteiger partial charge in [-0.2, -0.15) is 4.31 Å². The molecule has 0 aliphatic carbocycles. The van der Waals surface area contributed by atoms with Crippen molar-refractivity contribution in [3.8, 4) is 0 Å². The van der Waals surface area contributed by atoms with Crippen LogP contribution in [0.3, 0.4) is 0 Å². The molecule has 2 heterocycles. The highest BCUT2D eigenvalue weighted by Gasteiger charge is 2.31. The molecule has 8 nitrogen and oxygen atoms in total. The highest BCUT2D eigenvalue weighted by atomic mass is 32.2. The first-order valence-electron chi connectivity index (χ1n) is 12.7. The predicted molar refractivity (Wildman–Crippen MR) is 145 cm³/mol. The van der Waals surface area contributed by atoms with Crippen LogP contribution in [0.15, 0.2) is 29.2 Å². The van der Waals surface area contributed by atoms with Crippen LogP contribution in [-0.4, -0.2) is 73.1 Å². The maximum Gasteiger partial charge on any atom is 0.257 e. The Hall–Kier alpha value is -2.27. The Morgan fingerprint density at radius 1 is 1.03 bits per heavy atom. The van der Waals surface area contributed by atoms with Crippen LogP contribution in [0, 0.1) is 0 Å². The molecular weight excluding hydrogens is 496 g/mol. The van der Waals surface area contributed by atoms with Gasteiger partial charge in [-0.1, -0.05) is 13.8 Å². The summed E-state index contributed by atoms with van der Waals surface area (Å²) in [6, 6.07) is 6.36. The summed E-state index contributed by atoms with van der Waals surface area (Å²) in [6.45, 7) is 15.4. The number of fused-ring (bicyclic) bond motifs is 1. The van der Waals surface area contributed by atoms with E-state index in [2.05, 4.69) is 24.1 Å². The summed E-state index contributed by atoms with van der Waals surface area (Å²) in [5.41, 5.74) is 1.96. The van der Waals surface area contributed by atoms with Crippen molar-refractivity contribution in [1.29, 1.82) is 0 Å². The van der Waals surface area contributed by atoms with E-state index in [9.17, 15) is 18.0 Å². The molecule has 0 spiro atoms. The van der Waals surface area contributed by atoms with E-state index < -0.39 is 10.0 Å². The lowest BCUT2D eigenvalue weighted by Crippen LogP contribution is -2.36. The Balaban J connectivity index is 1.92. The molecule has 2 amide bonds. The third-order valence-corrected chi connectivity index (χ3v) is 9.96. The number of nitrogens with one attached hydrogen (secondary N) is 1. The molecule has 0 unspecified atom stereocenters. The van der Waals surface area contributed by atoms with Crippen LogP contribution in [0.25, 0.3) is 0 Å². The molecule has 3 rings (SSSR count). The molecule has 10 heteroatoms. The molecular formula is C26H38N4O4S2. The molecule has 36 heavy (non-hydrogen) atoms. The van der Waals surface area contributed by atoms with Crippen molar-refractivity contribution in [2.75, 3.05) is 38.0 Å². The van der Waals surface area contributed by atoms with Crippen molar-refractivity contribution in [2.45, 2.75) is 65.4 Å². The van der Waals surface area contributed by atoms with Crippen molar-refractivity contribution in [1.82, 2.24) is 14.1 Å². The van der Waals surface area contributed by atoms with E-state index in [-0.39, 0.29) is 16.7 Å². The van der Waals surface area contributed by atoms with Gasteiger partial charge in [0.15, 0.2) is 0 Å². The van der Waals surface area contributed by atoms with E-state index in [0.29, 0.717) is 48.3 Å². The molecule has 198 valence electrons. The van der Waals surface area contributed by atoms with Gasteiger partial charge < -0.3 is 10.2 Å². The van der Waals surface area contributed by atoms with Gasteiger partial charge in [0.1, 0.15) is 5.00 Å². The van der Waals surface area contributed by atoms with Crippen LogP contribution in [0.2, 0.25) is 0 Å². The lowest BCUT2D eigenvalue weighted by atomic mass is 10.0. The Morgan fingerprint density at radius 3 is 2.17 bits per heavy atom. The SMILES string of the molecule is CCN(CC)C(=O)c1c(NC(=O)c2ccc(S(=O)(=O)N(CC)CC)cc2)sc2c1CCN(C(C)C)C2. The zero-order valence-electron chi connectivity index (χ0n) is 22.1. The molecule has 0 saturated carbocycles. The van der Waals surface area contributed by atoms with E-state index in [4.69, 9.17) is 0 Å². The summed E-state index contributed by atoms with van der Waals surface area (Å²) in [6.07, 6.45) is 0.764. The number of benzene rings is 1. The molecule has 1 aliphatic heterocycles. The minimum atomic E-state index is -3.60. The molecule has 0 saturated heterocycles. The molecule has 0 atom stereocenters. The maximum absolute atomic E-state index is 13.5.